The smallest absolute Gasteiger partial charge is 0.387 e. The molecule has 1 fully saturated rings. The Balaban J connectivity index is 2.17. The van der Waals surface area contributed by atoms with Crippen molar-refractivity contribution in [1.82, 2.24) is 4.90 Å². The standard InChI is InChI=1S/C8H13N3O/c9-10-7-8(12)3-6-11-4-1-2-5-11/h7H,1-6H2/p+1/b8-7+. The monoisotopic (exact) mass is 168 g/mol. The van der Waals surface area contributed by atoms with Gasteiger partial charge in [-0.25, -0.2) is 0 Å². The Morgan fingerprint density at radius 3 is 2.75 bits per heavy atom. The van der Waals surface area contributed by atoms with E-state index >= 15 is 0 Å². The lowest BCUT2D eigenvalue weighted by Crippen LogP contribution is -2.20. The molecule has 0 aromatic heterocycles. The number of aliphatic hydroxyl groups excluding tert-OH is 1. The zero-order valence-electron chi connectivity index (χ0n) is 7.11. The second kappa shape index (κ2) is 4.73. The van der Waals surface area contributed by atoms with Gasteiger partial charge in [0.05, 0.1) is 0 Å². The highest BCUT2D eigenvalue weighted by molar-refractivity contribution is 4.96. The Kier molecular flexibility index (Phi) is 3.55. The van der Waals surface area contributed by atoms with Crippen molar-refractivity contribution in [3.63, 3.8) is 0 Å². The molecule has 4 nitrogen and oxygen atoms in total. The van der Waals surface area contributed by atoms with E-state index in [2.05, 4.69) is 9.88 Å². The molecular formula is C8H14N3O+. The lowest BCUT2D eigenvalue weighted by molar-refractivity contribution is 0.306. The van der Waals surface area contributed by atoms with Gasteiger partial charge in [-0.15, -0.1) is 0 Å². The van der Waals surface area contributed by atoms with Crippen LogP contribution in [0.5, 0.6) is 0 Å². The Morgan fingerprint density at radius 1 is 1.50 bits per heavy atom. The minimum atomic E-state index is 0.143. The summed E-state index contributed by atoms with van der Waals surface area (Å²) in [7, 11) is 0. The van der Waals surface area contributed by atoms with Gasteiger partial charge in [-0.1, -0.05) is 0 Å². The van der Waals surface area contributed by atoms with Crippen molar-refractivity contribution in [2.45, 2.75) is 19.3 Å². The van der Waals surface area contributed by atoms with Gasteiger partial charge in [0, 0.05) is 13.0 Å². The first-order valence-corrected chi connectivity index (χ1v) is 4.27. The number of hydrogen-bond donors (Lipinski definition) is 1. The van der Waals surface area contributed by atoms with Crippen molar-refractivity contribution in [3.8, 4) is 0 Å². The van der Waals surface area contributed by atoms with Crippen LogP contribution >= 0.6 is 0 Å². The van der Waals surface area contributed by atoms with Crippen LogP contribution in [-0.2, 0) is 0 Å². The fourth-order valence-corrected chi connectivity index (χ4v) is 1.41. The first kappa shape index (κ1) is 9.01. The SMILES string of the molecule is N#[N+]/C=C(/O)CCN1CCCC1. The topological polar surface area (TPSA) is 51.6 Å². The number of rotatable bonds is 3. The maximum atomic E-state index is 9.09. The van der Waals surface area contributed by atoms with Crippen LogP contribution in [0, 0.1) is 5.39 Å². The molecule has 1 heterocycles. The van der Waals surface area contributed by atoms with Gasteiger partial charge in [0.1, 0.15) is 0 Å². The molecule has 0 amide bonds. The fraction of sp³-hybridized carbons (Fsp3) is 0.750. The van der Waals surface area contributed by atoms with Gasteiger partial charge >= 0.3 is 6.20 Å². The first-order valence-electron chi connectivity index (χ1n) is 4.27. The molecule has 0 atom stereocenters. The number of hydrogen-bond acceptors (Lipinski definition) is 3. The Morgan fingerprint density at radius 2 is 2.17 bits per heavy atom. The van der Waals surface area contributed by atoms with Gasteiger partial charge in [-0.05, 0) is 25.9 Å². The third-order valence-electron chi connectivity index (χ3n) is 2.09. The number of nitrogens with zero attached hydrogens (tertiary/aromatic N) is 3. The van der Waals surface area contributed by atoms with E-state index in [0.29, 0.717) is 6.42 Å². The Hall–Kier alpha value is -1.08. The summed E-state index contributed by atoms with van der Waals surface area (Å²) in [6, 6.07) is 0. The fourth-order valence-electron chi connectivity index (χ4n) is 1.41. The molecule has 1 saturated heterocycles. The maximum Gasteiger partial charge on any atom is 0.387 e. The van der Waals surface area contributed by atoms with Crippen LogP contribution in [-0.4, -0.2) is 29.6 Å². The summed E-state index contributed by atoms with van der Waals surface area (Å²) in [5.74, 6) is 0.143. The predicted octanol–water partition coefficient (Wildman–Crippen LogP) is 1.72. The van der Waals surface area contributed by atoms with E-state index in [1.165, 1.54) is 12.8 Å². The summed E-state index contributed by atoms with van der Waals surface area (Å²) in [5.41, 5.74) is 0. The van der Waals surface area contributed by atoms with E-state index in [1.807, 2.05) is 0 Å². The zero-order chi connectivity index (χ0) is 8.81. The lowest BCUT2D eigenvalue weighted by atomic mass is 10.3. The van der Waals surface area contributed by atoms with Gasteiger partial charge in [0.15, 0.2) is 10.7 Å². The highest BCUT2D eigenvalue weighted by Gasteiger charge is 2.11. The molecule has 1 rings (SSSR count). The van der Waals surface area contributed by atoms with Gasteiger partial charge in [0.2, 0.25) is 5.39 Å². The van der Waals surface area contributed by atoms with E-state index in [9.17, 15) is 0 Å². The van der Waals surface area contributed by atoms with Crippen LogP contribution in [0.3, 0.4) is 0 Å². The van der Waals surface area contributed by atoms with E-state index in [0.717, 1.165) is 25.8 Å². The van der Waals surface area contributed by atoms with E-state index < -0.39 is 0 Å². The van der Waals surface area contributed by atoms with E-state index in [4.69, 9.17) is 10.5 Å². The van der Waals surface area contributed by atoms with Crippen LogP contribution in [0.4, 0.5) is 0 Å². The number of aliphatic hydroxyl groups is 1. The van der Waals surface area contributed by atoms with Crippen LogP contribution in [0.2, 0.25) is 0 Å². The highest BCUT2D eigenvalue weighted by atomic mass is 16.3. The van der Waals surface area contributed by atoms with Crippen LogP contribution in [0.25, 0.3) is 4.98 Å². The average molecular weight is 168 g/mol. The van der Waals surface area contributed by atoms with Gasteiger partial charge in [-0.3, -0.25) is 0 Å². The zero-order valence-corrected chi connectivity index (χ0v) is 7.11. The third-order valence-corrected chi connectivity index (χ3v) is 2.09. The van der Waals surface area contributed by atoms with Gasteiger partial charge < -0.3 is 10.0 Å². The van der Waals surface area contributed by atoms with Gasteiger partial charge in [-0.2, -0.15) is 0 Å². The van der Waals surface area contributed by atoms with Crippen molar-refractivity contribution in [2.24, 2.45) is 0 Å². The number of diazo groups is 1. The molecule has 1 aliphatic heterocycles. The van der Waals surface area contributed by atoms with Crippen molar-refractivity contribution < 1.29 is 5.11 Å². The molecule has 0 bridgehead atoms. The molecule has 12 heavy (non-hydrogen) atoms. The second-order valence-corrected chi connectivity index (χ2v) is 3.03. The van der Waals surface area contributed by atoms with Crippen molar-refractivity contribution in [1.29, 1.82) is 5.39 Å². The predicted molar refractivity (Wildman–Crippen MR) is 46.1 cm³/mol. The van der Waals surface area contributed by atoms with E-state index in [1.54, 1.807) is 0 Å². The summed E-state index contributed by atoms with van der Waals surface area (Å²) in [6.45, 7) is 3.12. The molecule has 0 aromatic rings. The summed E-state index contributed by atoms with van der Waals surface area (Å²) in [5, 5.41) is 17.2. The molecular weight excluding hydrogens is 154 g/mol. The normalized spacial score (nSPS) is 19.4. The van der Waals surface area contributed by atoms with Crippen LogP contribution in [0.15, 0.2) is 12.0 Å². The highest BCUT2D eigenvalue weighted by Crippen LogP contribution is 2.09. The molecule has 1 aliphatic rings. The van der Waals surface area contributed by atoms with Crippen LogP contribution in [0.1, 0.15) is 19.3 Å². The second-order valence-electron chi connectivity index (χ2n) is 3.03. The Bertz CT molecular complexity index is 201. The van der Waals surface area contributed by atoms with Crippen LogP contribution < -0.4 is 0 Å². The molecule has 0 aromatic carbocycles. The molecule has 0 spiro atoms. The molecule has 0 aliphatic carbocycles. The molecule has 0 saturated carbocycles. The summed E-state index contributed by atoms with van der Waals surface area (Å²) >= 11 is 0. The summed E-state index contributed by atoms with van der Waals surface area (Å²) in [4.78, 5) is 5.04. The minimum absolute atomic E-state index is 0.143. The van der Waals surface area contributed by atoms with Crippen molar-refractivity contribution in [2.75, 3.05) is 19.6 Å². The minimum Gasteiger partial charge on any atom is -0.505 e. The quantitative estimate of drug-likeness (QED) is 0.515. The van der Waals surface area contributed by atoms with Crippen molar-refractivity contribution >= 4 is 0 Å². The summed E-state index contributed by atoms with van der Waals surface area (Å²) < 4.78 is 0. The Labute approximate surface area is 72.1 Å². The molecule has 1 N–H and O–H groups in total. The van der Waals surface area contributed by atoms with E-state index in [-0.39, 0.29) is 5.76 Å². The number of likely N-dealkylation sites (tertiary alicyclic amines) is 1. The molecule has 0 unspecified atom stereocenters. The van der Waals surface area contributed by atoms with Gasteiger partial charge in [0.25, 0.3) is 0 Å². The lowest BCUT2D eigenvalue weighted by Gasteiger charge is -2.12. The molecule has 0 radical (unpaired) electrons. The maximum absolute atomic E-state index is 9.09. The average Bonchev–Trinajstić information content (AvgIpc) is 2.53. The largest absolute Gasteiger partial charge is 0.505 e. The third kappa shape index (κ3) is 2.89. The van der Waals surface area contributed by atoms with Crippen molar-refractivity contribution in [3.05, 3.63) is 16.9 Å². The molecule has 66 valence electrons. The first-order chi connectivity index (χ1) is 5.83. The summed E-state index contributed by atoms with van der Waals surface area (Å²) in [6.07, 6.45) is 4.17. The molecule has 4 heteroatoms.